The Bertz CT molecular complexity index is 2050. The third-order valence-electron chi connectivity index (χ3n) is 11.5. The maximum Gasteiger partial charge on any atom is 0.255 e. The Morgan fingerprint density at radius 3 is 0.683 bits per heavy atom. The maximum atomic E-state index is 14.6. The molecule has 0 bridgehead atoms. The van der Waals surface area contributed by atoms with Gasteiger partial charge >= 0.3 is 0 Å². The Labute approximate surface area is 363 Å². The molecule has 0 aromatic heterocycles. The monoisotopic (exact) mass is 814 g/mol. The van der Waals surface area contributed by atoms with Gasteiger partial charge in [-0.25, -0.2) is 0 Å². The van der Waals surface area contributed by atoms with Crippen LogP contribution in [0.25, 0.3) is 0 Å². The lowest BCUT2D eigenvalue weighted by Gasteiger charge is -2.29. The molecule has 3 amide bonds. The number of carbonyl (C=O) groups is 3. The SMILES string of the molecule is Cc1cc(C(C)(C)C)cc(C(C)(C)C)c1NC(=O)c1cc(C(=O)Nc2c(C)cc(C(C)(C)C)cc2C(C)(C)C)cc(C(=O)Nc2c(C)cc(C(C)(C)C)cc2C(C)(C)C)c1. The number of benzene rings is 4. The van der Waals surface area contributed by atoms with Crippen molar-refractivity contribution in [2.24, 2.45) is 0 Å². The lowest BCUT2D eigenvalue weighted by Crippen LogP contribution is -2.25. The summed E-state index contributed by atoms with van der Waals surface area (Å²) in [5.41, 5.74) is 11.1. The van der Waals surface area contributed by atoms with Crippen molar-refractivity contribution < 1.29 is 14.4 Å². The van der Waals surface area contributed by atoms with Crippen molar-refractivity contribution in [3.8, 4) is 0 Å². The summed E-state index contributed by atoms with van der Waals surface area (Å²) < 4.78 is 0. The fourth-order valence-electron chi connectivity index (χ4n) is 7.51. The normalized spacial score (nSPS) is 12.9. The van der Waals surface area contributed by atoms with E-state index >= 15 is 0 Å². The average Bonchev–Trinajstić information content (AvgIpc) is 3.07. The van der Waals surface area contributed by atoms with Crippen LogP contribution in [-0.2, 0) is 32.5 Å². The molecule has 0 atom stereocenters. The van der Waals surface area contributed by atoms with E-state index in [1.54, 1.807) is 18.2 Å². The number of hydrogen-bond acceptors (Lipinski definition) is 3. The Morgan fingerprint density at radius 1 is 0.317 bits per heavy atom. The standard InChI is InChI=1S/C54H75N3O3/c1-31-22-37(49(4,5)6)28-40(52(13,14)15)43(31)55-46(58)34-25-35(47(59)56-44-32(2)23-38(50(7,8)9)29-41(44)53(16,17)18)27-36(26-34)48(60)57-45-33(3)24-39(51(10,11)12)30-42(45)54(19,20)21/h22-30H,1-21H3,(H,55,58)(H,56,59)(H,57,60). The molecule has 0 spiro atoms. The third-order valence-corrected chi connectivity index (χ3v) is 11.5. The van der Waals surface area contributed by atoms with Gasteiger partial charge in [-0.05, 0) is 122 Å². The van der Waals surface area contributed by atoms with Gasteiger partial charge in [0.05, 0.1) is 0 Å². The number of rotatable bonds is 6. The quantitative estimate of drug-likeness (QED) is 0.181. The summed E-state index contributed by atoms with van der Waals surface area (Å²) in [6.45, 7) is 45.0. The molecular weight excluding hydrogens is 739 g/mol. The van der Waals surface area contributed by atoms with Gasteiger partial charge in [0.2, 0.25) is 0 Å². The highest BCUT2D eigenvalue weighted by atomic mass is 16.2. The minimum atomic E-state index is -0.405. The van der Waals surface area contributed by atoms with Crippen LogP contribution in [0.5, 0.6) is 0 Å². The van der Waals surface area contributed by atoms with Crippen molar-refractivity contribution in [2.45, 2.75) is 178 Å². The van der Waals surface area contributed by atoms with E-state index in [1.807, 2.05) is 20.8 Å². The molecule has 0 heterocycles. The predicted octanol–water partition coefficient (Wildman–Crippen LogP) is 14.2. The van der Waals surface area contributed by atoms with Gasteiger partial charge in [0, 0.05) is 33.8 Å². The van der Waals surface area contributed by atoms with Crippen LogP contribution >= 0.6 is 0 Å². The van der Waals surface area contributed by atoms with Crippen molar-refractivity contribution in [1.29, 1.82) is 0 Å². The first-order valence-electron chi connectivity index (χ1n) is 21.6. The van der Waals surface area contributed by atoms with Crippen LogP contribution in [0, 0.1) is 20.8 Å². The van der Waals surface area contributed by atoms with Crippen LogP contribution in [0.2, 0.25) is 0 Å². The molecule has 0 aliphatic heterocycles. The number of carbonyl (C=O) groups excluding carboxylic acids is 3. The summed E-state index contributed by atoms with van der Waals surface area (Å²) in [6.07, 6.45) is 0. The molecule has 4 aromatic carbocycles. The molecule has 60 heavy (non-hydrogen) atoms. The Morgan fingerprint density at radius 2 is 0.517 bits per heavy atom. The summed E-state index contributed by atoms with van der Waals surface area (Å²) in [5.74, 6) is -1.21. The van der Waals surface area contributed by atoms with Crippen LogP contribution < -0.4 is 16.0 Å². The second-order valence-electron chi connectivity index (χ2n) is 23.3. The highest BCUT2D eigenvalue weighted by Gasteiger charge is 2.30. The molecule has 6 heteroatoms. The van der Waals surface area contributed by atoms with Crippen LogP contribution in [0.4, 0.5) is 17.1 Å². The lowest BCUT2D eigenvalue weighted by atomic mass is 9.78. The Balaban J connectivity index is 1.92. The Kier molecular flexibility index (Phi) is 13.0. The number of amides is 3. The van der Waals surface area contributed by atoms with Crippen LogP contribution in [0.3, 0.4) is 0 Å². The summed E-state index contributed by atoms with van der Waals surface area (Å²) >= 11 is 0. The molecule has 6 nitrogen and oxygen atoms in total. The van der Waals surface area contributed by atoms with Crippen LogP contribution in [-0.4, -0.2) is 17.7 Å². The molecular formula is C54H75N3O3. The summed E-state index contributed by atoms with van der Waals surface area (Å²) in [5, 5.41) is 9.68. The average molecular weight is 814 g/mol. The van der Waals surface area contributed by atoms with Gasteiger partial charge in [-0.3, -0.25) is 14.4 Å². The van der Waals surface area contributed by atoms with Gasteiger partial charge in [0.15, 0.2) is 0 Å². The molecule has 4 rings (SSSR count). The molecule has 324 valence electrons. The number of hydrogen-bond donors (Lipinski definition) is 3. The molecule has 0 aliphatic rings. The van der Waals surface area contributed by atoms with E-state index in [4.69, 9.17) is 0 Å². The summed E-state index contributed by atoms with van der Waals surface area (Å²) in [7, 11) is 0. The fraction of sp³-hybridized carbons (Fsp3) is 0.500. The second kappa shape index (κ2) is 16.3. The van der Waals surface area contributed by atoms with Crippen LogP contribution in [0.15, 0.2) is 54.6 Å². The molecule has 0 radical (unpaired) electrons. The maximum absolute atomic E-state index is 14.6. The van der Waals surface area contributed by atoms with E-state index < -0.39 is 17.7 Å². The van der Waals surface area contributed by atoms with Gasteiger partial charge in [-0.2, -0.15) is 0 Å². The minimum absolute atomic E-state index is 0.0895. The smallest absolute Gasteiger partial charge is 0.255 e. The minimum Gasteiger partial charge on any atom is -0.321 e. The highest BCUT2D eigenvalue weighted by molar-refractivity contribution is 6.13. The van der Waals surface area contributed by atoms with E-state index in [1.165, 1.54) is 16.7 Å². The predicted molar refractivity (Wildman–Crippen MR) is 256 cm³/mol. The molecule has 0 fully saturated rings. The number of anilines is 3. The van der Waals surface area contributed by atoms with Crippen LogP contribution in [0.1, 0.15) is 206 Å². The molecule has 0 saturated heterocycles. The first-order chi connectivity index (χ1) is 27.0. The zero-order chi connectivity index (χ0) is 45.9. The third kappa shape index (κ3) is 11.0. The number of aryl methyl sites for hydroxylation is 3. The van der Waals surface area contributed by atoms with Crippen molar-refractivity contribution in [1.82, 2.24) is 0 Å². The van der Waals surface area contributed by atoms with Gasteiger partial charge in [0.25, 0.3) is 17.7 Å². The zero-order valence-electron chi connectivity index (χ0n) is 40.9. The van der Waals surface area contributed by atoms with Gasteiger partial charge in [0.1, 0.15) is 0 Å². The molecule has 0 unspecified atom stereocenters. The number of nitrogens with one attached hydrogen (secondary N) is 3. The van der Waals surface area contributed by atoms with Crippen molar-refractivity contribution in [3.05, 3.63) is 121 Å². The van der Waals surface area contributed by atoms with E-state index in [0.717, 1.165) is 50.4 Å². The first-order valence-corrected chi connectivity index (χ1v) is 21.6. The summed E-state index contributed by atoms with van der Waals surface area (Å²) in [6, 6.07) is 17.7. The molecule has 0 aliphatic carbocycles. The van der Waals surface area contributed by atoms with Gasteiger partial charge in [-0.1, -0.05) is 161 Å². The summed E-state index contributed by atoms with van der Waals surface area (Å²) in [4.78, 5) is 43.7. The molecule has 3 N–H and O–H groups in total. The van der Waals surface area contributed by atoms with Gasteiger partial charge < -0.3 is 16.0 Å². The van der Waals surface area contributed by atoms with E-state index in [2.05, 4.69) is 177 Å². The van der Waals surface area contributed by atoms with Gasteiger partial charge in [-0.15, -0.1) is 0 Å². The molecule has 4 aromatic rings. The zero-order valence-corrected chi connectivity index (χ0v) is 40.9. The highest BCUT2D eigenvalue weighted by Crippen LogP contribution is 2.40. The fourth-order valence-corrected chi connectivity index (χ4v) is 7.51. The first kappa shape index (κ1) is 48.0. The van der Waals surface area contributed by atoms with Crippen molar-refractivity contribution in [3.63, 3.8) is 0 Å². The van der Waals surface area contributed by atoms with E-state index in [0.29, 0.717) is 0 Å². The lowest BCUT2D eigenvalue weighted by molar-refractivity contribution is 0.102. The second-order valence-corrected chi connectivity index (χ2v) is 23.3. The van der Waals surface area contributed by atoms with E-state index in [-0.39, 0.29) is 49.2 Å². The van der Waals surface area contributed by atoms with Crippen molar-refractivity contribution >= 4 is 34.8 Å². The Hall–Kier alpha value is -4.71. The molecule has 0 saturated carbocycles. The van der Waals surface area contributed by atoms with Crippen molar-refractivity contribution in [2.75, 3.05) is 16.0 Å². The van der Waals surface area contributed by atoms with E-state index in [9.17, 15) is 14.4 Å². The topological polar surface area (TPSA) is 87.3 Å². The largest absolute Gasteiger partial charge is 0.321 e.